The van der Waals surface area contributed by atoms with E-state index in [0.29, 0.717) is 18.4 Å². The molecule has 0 radical (unpaired) electrons. The van der Waals surface area contributed by atoms with Gasteiger partial charge in [0.1, 0.15) is 12.7 Å². The van der Waals surface area contributed by atoms with Crippen molar-refractivity contribution >= 4 is 11.9 Å². The van der Waals surface area contributed by atoms with Gasteiger partial charge in [-0.05, 0) is 37.1 Å². The third kappa shape index (κ3) is 3.61. The summed E-state index contributed by atoms with van der Waals surface area (Å²) in [4.78, 5) is 23.9. The molecule has 1 fully saturated rings. The fraction of sp³-hybridized carbons (Fsp3) is 0.412. The molecular formula is C17H20N4O3. The van der Waals surface area contributed by atoms with Crippen LogP contribution in [0.2, 0.25) is 0 Å². The van der Waals surface area contributed by atoms with Gasteiger partial charge in [-0.2, -0.15) is 0 Å². The van der Waals surface area contributed by atoms with Gasteiger partial charge in [0, 0.05) is 17.3 Å². The first-order valence-electron chi connectivity index (χ1n) is 8.14. The molecule has 1 aromatic heterocycles. The van der Waals surface area contributed by atoms with Crippen molar-refractivity contribution in [3.05, 3.63) is 42.5 Å². The van der Waals surface area contributed by atoms with Gasteiger partial charge < -0.3 is 10.4 Å². The van der Waals surface area contributed by atoms with Gasteiger partial charge in [0.2, 0.25) is 0 Å². The van der Waals surface area contributed by atoms with E-state index in [1.807, 2.05) is 0 Å². The lowest BCUT2D eigenvalue weighted by Gasteiger charge is -2.23. The molecule has 2 aromatic rings. The molecule has 1 aliphatic rings. The van der Waals surface area contributed by atoms with Crippen LogP contribution in [0.5, 0.6) is 0 Å². The number of aliphatic carboxylic acids is 1. The maximum atomic E-state index is 12.5. The van der Waals surface area contributed by atoms with Crippen LogP contribution in [0.15, 0.2) is 36.9 Å². The Morgan fingerprint density at radius 3 is 2.38 bits per heavy atom. The Morgan fingerprint density at radius 2 is 1.71 bits per heavy atom. The zero-order valence-corrected chi connectivity index (χ0v) is 13.3. The number of nitrogens with zero attached hydrogens (tertiary/aromatic N) is 3. The molecule has 126 valence electrons. The lowest BCUT2D eigenvalue weighted by atomic mass is 9.94. The van der Waals surface area contributed by atoms with Crippen LogP contribution in [-0.2, 0) is 4.79 Å². The second-order valence-electron chi connectivity index (χ2n) is 6.08. The molecule has 0 spiro atoms. The zero-order chi connectivity index (χ0) is 16.9. The minimum absolute atomic E-state index is 0.233. The molecule has 1 saturated carbocycles. The first-order valence-corrected chi connectivity index (χ1v) is 8.14. The summed E-state index contributed by atoms with van der Waals surface area (Å²) in [6.45, 7) is 0. The molecule has 0 aliphatic heterocycles. The molecule has 1 heterocycles. The Hall–Kier alpha value is -2.70. The van der Waals surface area contributed by atoms with E-state index in [1.54, 1.807) is 41.5 Å². The van der Waals surface area contributed by atoms with Gasteiger partial charge in [-0.1, -0.05) is 19.3 Å². The number of amides is 1. The summed E-state index contributed by atoms with van der Waals surface area (Å²) < 4.78 is 1.74. The van der Waals surface area contributed by atoms with Crippen LogP contribution in [0.4, 0.5) is 0 Å². The summed E-state index contributed by atoms with van der Waals surface area (Å²) in [5.41, 5.74) is 1.37. The number of carboxylic acid groups (broad SMARTS) is 1. The third-order valence-electron chi connectivity index (χ3n) is 4.50. The maximum Gasteiger partial charge on any atom is 0.308 e. The molecular weight excluding hydrogens is 308 g/mol. The van der Waals surface area contributed by atoms with E-state index in [9.17, 15) is 14.7 Å². The Kier molecular flexibility index (Phi) is 4.88. The summed E-state index contributed by atoms with van der Waals surface area (Å²) in [5, 5.41) is 19.8. The Balaban J connectivity index is 1.70. The monoisotopic (exact) mass is 328 g/mol. The van der Waals surface area contributed by atoms with Crippen molar-refractivity contribution in [2.75, 3.05) is 0 Å². The highest BCUT2D eigenvalue weighted by molar-refractivity contribution is 5.94. The highest BCUT2D eigenvalue weighted by Gasteiger charge is 2.30. The molecule has 2 N–H and O–H groups in total. The van der Waals surface area contributed by atoms with Gasteiger partial charge in [-0.15, -0.1) is 10.2 Å². The first-order chi connectivity index (χ1) is 11.6. The van der Waals surface area contributed by atoms with Gasteiger partial charge >= 0.3 is 5.97 Å². The van der Waals surface area contributed by atoms with E-state index in [0.717, 1.165) is 24.9 Å². The molecule has 7 heteroatoms. The van der Waals surface area contributed by atoms with Crippen LogP contribution in [0.1, 0.15) is 42.5 Å². The normalized spacial score (nSPS) is 21.0. The van der Waals surface area contributed by atoms with Crippen molar-refractivity contribution < 1.29 is 14.7 Å². The van der Waals surface area contributed by atoms with Crippen molar-refractivity contribution in [1.29, 1.82) is 0 Å². The zero-order valence-electron chi connectivity index (χ0n) is 13.3. The molecule has 2 atom stereocenters. The molecule has 1 aromatic carbocycles. The van der Waals surface area contributed by atoms with Gasteiger partial charge in [-0.3, -0.25) is 14.2 Å². The topological polar surface area (TPSA) is 97.1 Å². The van der Waals surface area contributed by atoms with E-state index in [2.05, 4.69) is 15.5 Å². The van der Waals surface area contributed by atoms with Crippen LogP contribution in [-0.4, -0.2) is 37.8 Å². The number of carboxylic acids is 1. The average molecular weight is 328 g/mol. The van der Waals surface area contributed by atoms with Crippen molar-refractivity contribution in [1.82, 2.24) is 20.1 Å². The number of benzene rings is 1. The molecule has 24 heavy (non-hydrogen) atoms. The summed E-state index contributed by atoms with van der Waals surface area (Å²) in [6, 6.07) is 6.74. The highest BCUT2D eigenvalue weighted by Crippen LogP contribution is 2.24. The summed E-state index contributed by atoms with van der Waals surface area (Å²) in [5.74, 6) is -1.57. The molecule has 0 saturated heterocycles. The van der Waals surface area contributed by atoms with Crippen molar-refractivity contribution in [2.24, 2.45) is 5.92 Å². The van der Waals surface area contributed by atoms with Gasteiger partial charge in [0.15, 0.2) is 0 Å². The minimum Gasteiger partial charge on any atom is -0.481 e. The minimum atomic E-state index is -0.829. The highest BCUT2D eigenvalue weighted by atomic mass is 16.4. The molecule has 0 bridgehead atoms. The van der Waals surface area contributed by atoms with Crippen molar-refractivity contribution in [3.63, 3.8) is 0 Å². The first kappa shape index (κ1) is 16.2. The van der Waals surface area contributed by atoms with E-state index in [-0.39, 0.29) is 11.9 Å². The average Bonchev–Trinajstić information content (AvgIpc) is 3.02. The smallest absolute Gasteiger partial charge is 0.308 e. The Bertz CT molecular complexity index is 697. The Labute approximate surface area is 139 Å². The fourth-order valence-electron chi connectivity index (χ4n) is 3.15. The Morgan fingerprint density at radius 1 is 1.04 bits per heavy atom. The third-order valence-corrected chi connectivity index (χ3v) is 4.50. The standard InChI is InChI=1S/C17H20N4O3/c22-16(20-15-5-3-1-2-4-14(15)17(23)24)12-6-8-13(9-7-12)21-10-18-19-11-21/h6-11,14-15H,1-5H2,(H,20,22)(H,23,24)/t14-,15+/m1/s1. The van der Waals surface area contributed by atoms with E-state index >= 15 is 0 Å². The van der Waals surface area contributed by atoms with Crippen LogP contribution in [0.3, 0.4) is 0 Å². The van der Waals surface area contributed by atoms with E-state index in [1.165, 1.54) is 0 Å². The second-order valence-corrected chi connectivity index (χ2v) is 6.08. The van der Waals surface area contributed by atoms with E-state index < -0.39 is 11.9 Å². The lowest BCUT2D eigenvalue weighted by Crippen LogP contribution is -2.42. The molecule has 1 aliphatic carbocycles. The number of hydrogen-bond acceptors (Lipinski definition) is 4. The number of hydrogen-bond donors (Lipinski definition) is 2. The largest absolute Gasteiger partial charge is 0.481 e. The number of aromatic nitrogens is 3. The number of rotatable bonds is 4. The second kappa shape index (κ2) is 7.25. The predicted octanol–water partition coefficient (Wildman–Crippen LogP) is 2.03. The summed E-state index contributed by atoms with van der Waals surface area (Å²) in [6.07, 6.45) is 7.35. The lowest BCUT2D eigenvalue weighted by molar-refractivity contribution is -0.142. The quantitative estimate of drug-likeness (QED) is 0.837. The number of nitrogens with one attached hydrogen (secondary N) is 1. The van der Waals surface area contributed by atoms with E-state index in [4.69, 9.17) is 0 Å². The van der Waals surface area contributed by atoms with Crippen LogP contribution in [0.25, 0.3) is 5.69 Å². The number of carbonyl (C=O) groups is 2. The van der Waals surface area contributed by atoms with Gasteiger partial charge in [0.25, 0.3) is 5.91 Å². The molecule has 0 unspecified atom stereocenters. The summed E-state index contributed by atoms with van der Waals surface area (Å²) in [7, 11) is 0. The van der Waals surface area contributed by atoms with Crippen molar-refractivity contribution in [2.45, 2.75) is 38.1 Å². The SMILES string of the molecule is O=C(N[C@H]1CCCCC[C@H]1C(=O)O)c1ccc(-n2cnnc2)cc1. The predicted molar refractivity (Wildman–Crippen MR) is 86.8 cm³/mol. The van der Waals surface area contributed by atoms with Crippen LogP contribution < -0.4 is 5.32 Å². The van der Waals surface area contributed by atoms with Gasteiger partial charge in [0.05, 0.1) is 5.92 Å². The molecule has 3 rings (SSSR count). The van der Waals surface area contributed by atoms with Crippen LogP contribution >= 0.6 is 0 Å². The van der Waals surface area contributed by atoms with Crippen LogP contribution in [0, 0.1) is 5.92 Å². The maximum absolute atomic E-state index is 12.5. The van der Waals surface area contributed by atoms with Gasteiger partial charge in [-0.25, -0.2) is 0 Å². The fourth-order valence-corrected chi connectivity index (χ4v) is 3.15. The number of carbonyl (C=O) groups excluding carboxylic acids is 1. The summed E-state index contributed by atoms with van der Waals surface area (Å²) >= 11 is 0. The van der Waals surface area contributed by atoms with Crippen molar-refractivity contribution in [3.8, 4) is 5.69 Å². The molecule has 1 amide bonds. The molecule has 7 nitrogen and oxygen atoms in total.